The normalized spacial score (nSPS) is 12.2. The van der Waals surface area contributed by atoms with Gasteiger partial charge in [-0.1, -0.05) is 62.4 Å². The average molecular weight is 325 g/mol. The molecule has 0 fully saturated rings. The molecule has 0 spiro atoms. The summed E-state index contributed by atoms with van der Waals surface area (Å²) in [5.74, 6) is 0.644. The van der Waals surface area contributed by atoms with Crippen LogP contribution in [-0.4, -0.2) is 36.9 Å². The largest absolute Gasteiger partial charge is 0.492 e. The molecule has 0 aliphatic heterocycles. The molecule has 3 nitrogen and oxygen atoms in total. The zero-order valence-corrected chi connectivity index (χ0v) is 14.9. The van der Waals surface area contributed by atoms with Crippen molar-refractivity contribution in [3.8, 4) is 5.75 Å². The van der Waals surface area contributed by atoms with Gasteiger partial charge in [0, 0.05) is 12.1 Å². The van der Waals surface area contributed by atoms with Crippen molar-refractivity contribution >= 4 is 5.78 Å². The number of rotatable bonds is 9. The predicted molar refractivity (Wildman–Crippen MR) is 98.7 cm³/mol. The van der Waals surface area contributed by atoms with Crippen molar-refractivity contribution in [1.29, 1.82) is 0 Å². The third-order valence-corrected chi connectivity index (χ3v) is 4.33. The number of benzene rings is 2. The van der Waals surface area contributed by atoms with Crippen molar-refractivity contribution < 1.29 is 9.53 Å². The molecule has 0 aliphatic carbocycles. The number of carbonyl (C=O) groups excluding carboxylic acids is 1. The first-order chi connectivity index (χ1) is 11.7. The van der Waals surface area contributed by atoms with Gasteiger partial charge in [-0.2, -0.15) is 0 Å². The summed E-state index contributed by atoms with van der Waals surface area (Å²) < 4.78 is 6.03. The van der Waals surface area contributed by atoms with Crippen LogP contribution in [0.1, 0.15) is 37.8 Å². The lowest BCUT2D eigenvalue weighted by Gasteiger charge is -2.21. The van der Waals surface area contributed by atoms with Gasteiger partial charge in [0.15, 0.2) is 0 Å². The third kappa shape index (κ3) is 4.68. The van der Waals surface area contributed by atoms with E-state index in [1.807, 2.05) is 54.6 Å². The molecule has 0 bridgehead atoms. The molecule has 1 atom stereocenters. The molecule has 24 heavy (non-hydrogen) atoms. The van der Waals surface area contributed by atoms with Gasteiger partial charge in [-0.3, -0.25) is 4.79 Å². The van der Waals surface area contributed by atoms with E-state index in [0.717, 1.165) is 36.5 Å². The van der Waals surface area contributed by atoms with E-state index in [1.54, 1.807) is 6.92 Å². The highest BCUT2D eigenvalue weighted by molar-refractivity contribution is 5.87. The molecule has 2 aromatic rings. The number of carbonyl (C=O) groups is 1. The summed E-state index contributed by atoms with van der Waals surface area (Å²) >= 11 is 0. The van der Waals surface area contributed by atoms with Gasteiger partial charge in [0.2, 0.25) is 0 Å². The molecule has 0 amide bonds. The molecule has 0 saturated carbocycles. The standard InChI is InChI=1S/C21H27NO2/c1-4-22(5-2)15-16-24-20-14-10-9-13-19(20)21(17(3)23)18-11-7-6-8-12-18/h6-14,21H,4-5,15-16H2,1-3H3. The maximum Gasteiger partial charge on any atom is 0.141 e. The Morgan fingerprint density at radius 1 is 1.00 bits per heavy atom. The van der Waals surface area contributed by atoms with Crippen LogP contribution in [0.15, 0.2) is 54.6 Å². The highest BCUT2D eigenvalue weighted by atomic mass is 16.5. The molecule has 0 saturated heterocycles. The van der Waals surface area contributed by atoms with Crippen LogP contribution in [0.5, 0.6) is 5.75 Å². The van der Waals surface area contributed by atoms with Crippen molar-refractivity contribution in [2.45, 2.75) is 26.7 Å². The fraction of sp³-hybridized carbons (Fsp3) is 0.381. The molecule has 0 heterocycles. The summed E-state index contributed by atoms with van der Waals surface area (Å²) in [6.07, 6.45) is 0. The van der Waals surface area contributed by atoms with Crippen molar-refractivity contribution in [3.05, 3.63) is 65.7 Å². The summed E-state index contributed by atoms with van der Waals surface area (Å²) in [4.78, 5) is 14.6. The third-order valence-electron chi connectivity index (χ3n) is 4.33. The van der Waals surface area contributed by atoms with E-state index in [-0.39, 0.29) is 11.7 Å². The number of hydrogen-bond donors (Lipinski definition) is 0. The number of hydrogen-bond acceptors (Lipinski definition) is 3. The Morgan fingerprint density at radius 3 is 2.25 bits per heavy atom. The van der Waals surface area contributed by atoms with Crippen molar-refractivity contribution in [2.75, 3.05) is 26.2 Å². The summed E-state index contributed by atoms with van der Waals surface area (Å²) in [6, 6.07) is 17.8. The molecular formula is C21H27NO2. The highest BCUT2D eigenvalue weighted by Gasteiger charge is 2.22. The zero-order valence-electron chi connectivity index (χ0n) is 14.9. The summed E-state index contributed by atoms with van der Waals surface area (Å²) in [5.41, 5.74) is 1.94. The van der Waals surface area contributed by atoms with E-state index in [9.17, 15) is 4.79 Å². The van der Waals surface area contributed by atoms with Gasteiger partial charge in [-0.25, -0.2) is 0 Å². The van der Waals surface area contributed by atoms with E-state index >= 15 is 0 Å². The van der Waals surface area contributed by atoms with Crippen LogP contribution in [0.4, 0.5) is 0 Å². The first-order valence-corrected chi connectivity index (χ1v) is 8.66. The lowest BCUT2D eigenvalue weighted by molar-refractivity contribution is -0.117. The van der Waals surface area contributed by atoms with Crippen LogP contribution >= 0.6 is 0 Å². The van der Waals surface area contributed by atoms with Gasteiger partial charge >= 0.3 is 0 Å². The molecule has 128 valence electrons. The second kappa shape index (κ2) is 9.24. The lowest BCUT2D eigenvalue weighted by Crippen LogP contribution is -2.28. The minimum atomic E-state index is -0.282. The predicted octanol–water partition coefficient (Wildman–Crippen LogP) is 4.13. The van der Waals surface area contributed by atoms with E-state index in [4.69, 9.17) is 4.74 Å². The number of ketones is 1. The Balaban J connectivity index is 2.21. The van der Waals surface area contributed by atoms with Crippen LogP contribution in [0.2, 0.25) is 0 Å². The molecule has 0 N–H and O–H groups in total. The van der Waals surface area contributed by atoms with Crippen LogP contribution in [0.25, 0.3) is 0 Å². The first-order valence-electron chi connectivity index (χ1n) is 8.66. The zero-order chi connectivity index (χ0) is 17.4. The van der Waals surface area contributed by atoms with Crippen molar-refractivity contribution in [1.82, 2.24) is 4.90 Å². The second-order valence-corrected chi connectivity index (χ2v) is 5.87. The smallest absolute Gasteiger partial charge is 0.141 e. The minimum Gasteiger partial charge on any atom is -0.492 e. The molecule has 2 aromatic carbocycles. The van der Waals surface area contributed by atoms with E-state index < -0.39 is 0 Å². The molecule has 1 unspecified atom stereocenters. The highest BCUT2D eigenvalue weighted by Crippen LogP contribution is 2.32. The van der Waals surface area contributed by atoms with Crippen LogP contribution in [0, 0.1) is 0 Å². The molecule has 2 rings (SSSR count). The van der Waals surface area contributed by atoms with Gasteiger partial charge in [0.25, 0.3) is 0 Å². The van der Waals surface area contributed by atoms with Crippen LogP contribution in [0.3, 0.4) is 0 Å². The van der Waals surface area contributed by atoms with E-state index in [0.29, 0.717) is 6.61 Å². The summed E-state index contributed by atoms with van der Waals surface area (Å²) in [5, 5.41) is 0. The topological polar surface area (TPSA) is 29.5 Å². The number of para-hydroxylation sites is 1. The minimum absolute atomic E-state index is 0.126. The van der Waals surface area contributed by atoms with Crippen LogP contribution < -0.4 is 4.74 Å². The molecule has 0 aromatic heterocycles. The van der Waals surface area contributed by atoms with Gasteiger partial charge < -0.3 is 9.64 Å². The van der Waals surface area contributed by atoms with Crippen molar-refractivity contribution in [2.24, 2.45) is 0 Å². The molecule has 0 radical (unpaired) electrons. The second-order valence-electron chi connectivity index (χ2n) is 5.87. The number of nitrogens with zero attached hydrogens (tertiary/aromatic N) is 1. The fourth-order valence-corrected chi connectivity index (χ4v) is 2.95. The Morgan fingerprint density at radius 2 is 1.62 bits per heavy atom. The molecule has 3 heteroatoms. The van der Waals surface area contributed by atoms with E-state index in [1.165, 1.54) is 0 Å². The Hall–Kier alpha value is -2.13. The molecular weight excluding hydrogens is 298 g/mol. The number of Topliss-reactive ketones (excluding diaryl/α,β-unsaturated/α-hetero) is 1. The Labute approximate surface area is 145 Å². The SMILES string of the molecule is CCN(CC)CCOc1ccccc1C(C(C)=O)c1ccccc1. The van der Waals surface area contributed by atoms with Gasteiger partial charge in [0.05, 0.1) is 5.92 Å². The van der Waals surface area contributed by atoms with E-state index in [2.05, 4.69) is 18.7 Å². The summed E-state index contributed by atoms with van der Waals surface area (Å²) in [6.45, 7) is 9.49. The van der Waals surface area contributed by atoms with Crippen molar-refractivity contribution in [3.63, 3.8) is 0 Å². The monoisotopic (exact) mass is 325 g/mol. The number of likely N-dealkylation sites (N-methyl/N-ethyl adjacent to an activating group) is 1. The molecule has 0 aliphatic rings. The van der Waals surface area contributed by atoms with Gasteiger partial charge in [-0.05, 0) is 31.6 Å². The van der Waals surface area contributed by atoms with Gasteiger partial charge in [-0.15, -0.1) is 0 Å². The maximum atomic E-state index is 12.3. The number of ether oxygens (including phenoxy) is 1. The average Bonchev–Trinajstić information content (AvgIpc) is 2.61. The van der Waals surface area contributed by atoms with Crippen LogP contribution in [-0.2, 0) is 4.79 Å². The Kier molecular flexibility index (Phi) is 7.01. The summed E-state index contributed by atoms with van der Waals surface area (Å²) in [7, 11) is 0. The fourth-order valence-electron chi connectivity index (χ4n) is 2.95. The first kappa shape index (κ1) is 18.2. The van der Waals surface area contributed by atoms with Gasteiger partial charge in [0.1, 0.15) is 18.1 Å². The lowest BCUT2D eigenvalue weighted by atomic mass is 9.88. The maximum absolute atomic E-state index is 12.3. The quantitative estimate of drug-likeness (QED) is 0.694. The Bertz CT molecular complexity index is 635.